The molecule has 7 heteroatoms. The molecule has 1 aliphatic heterocycles. The van der Waals surface area contributed by atoms with Crippen molar-refractivity contribution >= 4 is 18.0 Å². The Kier molecular flexibility index (Phi) is 4.15. The van der Waals surface area contributed by atoms with Gasteiger partial charge in [-0.1, -0.05) is 6.42 Å². The van der Waals surface area contributed by atoms with Crippen LogP contribution in [0, 0.1) is 11.8 Å². The lowest BCUT2D eigenvalue weighted by Gasteiger charge is -2.25. The Morgan fingerprint density at radius 3 is 2.65 bits per heavy atom. The van der Waals surface area contributed by atoms with Crippen LogP contribution in [0.5, 0.6) is 0 Å². The lowest BCUT2D eigenvalue weighted by Crippen LogP contribution is -2.51. The van der Waals surface area contributed by atoms with Crippen LogP contribution < -0.4 is 5.32 Å². The molecular formula is C13H20N2O5. The van der Waals surface area contributed by atoms with E-state index in [1.54, 1.807) is 0 Å². The molecule has 7 nitrogen and oxygen atoms in total. The van der Waals surface area contributed by atoms with Gasteiger partial charge in [-0.2, -0.15) is 0 Å². The van der Waals surface area contributed by atoms with E-state index >= 15 is 0 Å². The highest BCUT2D eigenvalue weighted by Crippen LogP contribution is 2.42. The van der Waals surface area contributed by atoms with Crippen molar-refractivity contribution in [1.82, 2.24) is 10.2 Å². The average molecular weight is 284 g/mol. The van der Waals surface area contributed by atoms with Gasteiger partial charge in [-0.25, -0.2) is 14.4 Å². The minimum Gasteiger partial charge on any atom is -0.480 e. The number of hydrogen-bond acceptors (Lipinski definition) is 4. The number of methoxy groups -OCH3 is 1. The molecule has 4 atom stereocenters. The molecule has 1 heterocycles. The van der Waals surface area contributed by atoms with Crippen LogP contribution >= 0.6 is 0 Å². The molecule has 0 aromatic rings. The first-order valence-electron chi connectivity index (χ1n) is 6.83. The molecule has 2 rings (SSSR count). The average Bonchev–Trinajstić information content (AvgIpc) is 2.96. The number of fused-ring (bicyclic) bond motifs is 1. The number of ether oxygens (including phenoxy) is 1. The first-order chi connectivity index (χ1) is 9.45. The summed E-state index contributed by atoms with van der Waals surface area (Å²) in [7, 11) is 1.24. The molecule has 1 aliphatic carbocycles. The van der Waals surface area contributed by atoms with Crippen molar-refractivity contribution in [1.29, 1.82) is 0 Å². The van der Waals surface area contributed by atoms with Gasteiger partial charge in [-0.05, 0) is 31.6 Å². The lowest BCUT2D eigenvalue weighted by atomic mass is 9.94. The fourth-order valence-electron chi connectivity index (χ4n) is 3.33. The molecule has 4 unspecified atom stereocenters. The largest absolute Gasteiger partial charge is 0.480 e. The van der Waals surface area contributed by atoms with Gasteiger partial charge in [0, 0.05) is 6.54 Å². The summed E-state index contributed by atoms with van der Waals surface area (Å²) in [5.41, 5.74) is 0. The monoisotopic (exact) mass is 284 g/mol. The van der Waals surface area contributed by atoms with E-state index in [-0.39, 0.29) is 11.8 Å². The van der Waals surface area contributed by atoms with Gasteiger partial charge in [-0.15, -0.1) is 0 Å². The summed E-state index contributed by atoms with van der Waals surface area (Å²) in [6.45, 7) is 1.96. The van der Waals surface area contributed by atoms with Gasteiger partial charge in [0.25, 0.3) is 0 Å². The van der Waals surface area contributed by atoms with Crippen LogP contribution in [0.3, 0.4) is 0 Å². The van der Waals surface area contributed by atoms with E-state index in [0.29, 0.717) is 6.54 Å². The fraction of sp³-hybridized carbons (Fsp3) is 0.769. The summed E-state index contributed by atoms with van der Waals surface area (Å²) in [4.78, 5) is 36.2. The number of urea groups is 1. The highest BCUT2D eigenvalue weighted by molar-refractivity contribution is 5.87. The molecule has 1 saturated heterocycles. The van der Waals surface area contributed by atoms with Crippen molar-refractivity contribution in [3.05, 3.63) is 0 Å². The van der Waals surface area contributed by atoms with E-state index in [1.807, 2.05) is 0 Å². The Morgan fingerprint density at radius 2 is 2.05 bits per heavy atom. The quantitative estimate of drug-likeness (QED) is 0.733. The summed E-state index contributed by atoms with van der Waals surface area (Å²) in [6.07, 6.45) is 2.83. The van der Waals surface area contributed by atoms with Crippen molar-refractivity contribution < 1.29 is 24.2 Å². The Morgan fingerprint density at radius 1 is 1.35 bits per heavy atom. The van der Waals surface area contributed by atoms with Crippen molar-refractivity contribution in [3.63, 3.8) is 0 Å². The highest BCUT2D eigenvalue weighted by atomic mass is 16.5. The van der Waals surface area contributed by atoms with Gasteiger partial charge in [0.2, 0.25) is 0 Å². The maximum Gasteiger partial charge on any atom is 0.328 e. The lowest BCUT2D eigenvalue weighted by molar-refractivity contribution is -0.142. The number of likely N-dealkylation sites (tertiary alicyclic amines) is 1. The normalized spacial score (nSPS) is 29.7. The number of aliphatic carboxylic acids is 1. The Labute approximate surface area is 117 Å². The number of nitrogens with zero attached hydrogens (tertiary/aromatic N) is 1. The highest BCUT2D eigenvalue weighted by Gasteiger charge is 2.49. The zero-order valence-electron chi connectivity index (χ0n) is 11.7. The van der Waals surface area contributed by atoms with Crippen LogP contribution in [0.25, 0.3) is 0 Å². The van der Waals surface area contributed by atoms with Crippen LogP contribution in [0.15, 0.2) is 0 Å². The van der Waals surface area contributed by atoms with Gasteiger partial charge in [0.1, 0.15) is 12.1 Å². The first-order valence-corrected chi connectivity index (χ1v) is 6.83. The molecule has 2 amide bonds. The van der Waals surface area contributed by atoms with Crippen LogP contribution in [0.2, 0.25) is 0 Å². The van der Waals surface area contributed by atoms with E-state index < -0.39 is 30.1 Å². The number of amides is 2. The number of carbonyl (C=O) groups is 3. The van der Waals surface area contributed by atoms with Gasteiger partial charge < -0.3 is 20.1 Å². The van der Waals surface area contributed by atoms with Crippen LogP contribution in [0.1, 0.15) is 26.2 Å². The summed E-state index contributed by atoms with van der Waals surface area (Å²) < 4.78 is 4.54. The Hall–Kier alpha value is -1.79. The number of carboxylic acids is 1. The van der Waals surface area contributed by atoms with Crippen LogP contribution in [0.4, 0.5) is 4.79 Å². The van der Waals surface area contributed by atoms with Crippen molar-refractivity contribution in [2.75, 3.05) is 13.7 Å². The Bertz CT molecular complexity index is 425. The Balaban J connectivity index is 2.05. The number of carbonyl (C=O) groups excluding carboxylic acids is 2. The summed E-state index contributed by atoms with van der Waals surface area (Å²) in [5, 5.41) is 11.9. The van der Waals surface area contributed by atoms with Crippen molar-refractivity contribution in [3.8, 4) is 0 Å². The molecule has 1 saturated carbocycles. The summed E-state index contributed by atoms with van der Waals surface area (Å²) >= 11 is 0. The molecule has 20 heavy (non-hydrogen) atoms. The number of hydrogen-bond donors (Lipinski definition) is 2. The van der Waals surface area contributed by atoms with Gasteiger partial charge in [-0.3, -0.25) is 0 Å². The second kappa shape index (κ2) is 5.68. The first kappa shape index (κ1) is 14.6. The minimum atomic E-state index is -0.972. The molecule has 2 fully saturated rings. The van der Waals surface area contributed by atoms with E-state index in [2.05, 4.69) is 10.1 Å². The smallest absolute Gasteiger partial charge is 0.328 e. The predicted octanol–water partition coefficient (Wildman–Crippen LogP) is 0.443. The van der Waals surface area contributed by atoms with Crippen LogP contribution in [-0.4, -0.2) is 53.7 Å². The molecule has 0 bridgehead atoms. The molecule has 0 radical (unpaired) electrons. The third kappa shape index (κ3) is 2.57. The van der Waals surface area contributed by atoms with E-state index in [1.165, 1.54) is 18.9 Å². The molecule has 112 valence electrons. The number of nitrogens with one attached hydrogen (secondary N) is 1. The SMILES string of the molecule is COC(=O)C(C)NC(=O)N1CC2CCCC2C1C(=O)O. The van der Waals surface area contributed by atoms with E-state index in [4.69, 9.17) is 0 Å². The summed E-state index contributed by atoms with van der Waals surface area (Å²) in [5.74, 6) is -1.23. The molecule has 2 aliphatic rings. The number of carboxylic acid groups (broad SMARTS) is 1. The van der Waals surface area contributed by atoms with E-state index in [0.717, 1.165) is 19.3 Å². The minimum absolute atomic E-state index is 0.0340. The maximum absolute atomic E-state index is 12.2. The summed E-state index contributed by atoms with van der Waals surface area (Å²) in [6, 6.07) is -2.08. The zero-order valence-corrected chi connectivity index (χ0v) is 11.7. The predicted molar refractivity (Wildman–Crippen MR) is 69.0 cm³/mol. The van der Waals surface area contributed by atoms with E-state index in [9.17, 15) is 19.5 Å². The second-order valence-corrected chi connectivity index (χ2v) is 5.48. The molecular weight excluding hydrogens is 264 g/mol. The van der Waals surface area contributed by atoms with Gasteiger partial charge in [0.05, 0.1) is 7.11 Å². The van der Waals surface area contributed by atoms with Gasteiger partial charge in [0.15, 0.2) is 0 Å². The van der Waals surface area contributed by atoms with Crippen LogP contribution in [-0.2, 0) is 14.3 Å². The molecule has 0 aromatic heterocycles. The number of esters is 1. The maximum atomic E-state index is 12.2. The second-order valence-electron chi connectivity index (χ2n) is 5.48. The zero-order chi connectivity index (χ0) is 14.9. The standard InChI is InChI=1S/C13H20N2O5/c1-7(12(18)20-2)14-13(19)15-6-8-4-3-5-9(8)10(15)11(16)17/h7-10H,3-6H2,1-2H3,(H,14,19)(H,16,17). The topological polar surface area (TPSA) is 95.9 Å². The van der Waals surface area contributed by atoms with Crippen molar-refractivity contribution in [2.24, 2.45) is 11.8 Å². The fourth-order valence-corrected chi connectivity index (χ4v) is 3.33. The number of rotatable bonds is 3. The third-order valence-corrected chi connectivity index (χ3v) is 4.30. The molecule has 0 aromatic carbocycles. The van der Waals surface area contributed by atoms with Crippen molar-refractivity contribution in [2.45, 2.75) is 38.3 Å². The van der Waals surface area contributed by atoms with Gasteiger partial charge >= 0.3 is 18.0 Å². The molecule has 0 spiro atoms. The molecule has 2 N–H and O–H groups in total. The third-order valence-electron chi connectivity index (χ3n) is 4.30.